The van der Waals surface area contributed by atoms with Crippen molar-refractivity contribution in [3.8, 4) is 5.75 Å². The van der Waals surface area contributed by atoms with Gasteiger partial charge in [0.1, 0.15) is 17.1 Å². The van der Waals surface area contributed by atoms with Crippen LogP contribution in [0.2, 0.25) is 0 Å². The van der Waals surface area contributed by atoms with Crippen molar-refractivity contribution in [2.45, 2.75) is 11.6 Å². The van der Waals surface area contributed by atoms with Crippen molar-refractivity contribution in [1.29, 1.82) is 0 Å². The first-order valence-electron chi connectivity index (χ1n) is 7.48. The van der Waals surface area contributed by atoms with Crippen molar-refractivity contribution < 1.29 is 9.53 Å². The van der Waals surface area contributed by atoms with Gasteiger partial charge in [-0.1, -0.05) is 42.1 Å². The van der Waals surface area contributed by atoms with Gasteiger partial charge in [-0.2, -0.15) is 0 Å². The van der Waals surface area contributed by atoms with Gasteiger partial charge in [0.25, 0.3) is 0 Å². The Hall–Kier alpha value is -2.60. The molecule has 1 heterocycles. The SMILES string of the molecule is COc1cccc(CNC(=O)CSc2ncnc3ccccc23)c1. The number of thioether (sulfide) groups is 1. The van der Waals surface area contributed by atoms with Gasteiger partial charge in [0, 0.05) is 11.9 Å². The number of nitrogens with zero attached hydrogens (tertiary/aromatic N) is 2. The van der Waals surface area contributed by atoms with E-state index in [2.05, 4.69) is 15.3 Å². The predicted molar refractivity (Wildman–Crippen MR) is 95.1 cm³/mol. The molecular weight excluding hydrogens is 322 g/mol. The van der Waals surface area contributed by atoms with Crippen LogP contribution in [0.4, 0.5) is 0 Å². The first kappa shape index (κ1) is 16.3. The summed E-state index contributed by atoms with van der Waals surface area (Å²) in [6.45, 7) is 0.473. The van der Waals surface area contributed by atoms with E-state index in [1.54, 1.807) is 7.11 Å². The molecule has 6 heteroatoms. The van der Waals surface area contributed by atoms with E-state index in [1.807, 2.05) is 48.5 Å². The monoisotopic (exact) mass is 339 g/mol. The second kappa shape index (κ2) is 7.79. The lowest BCUT2D eigenvalue weighted by atomic mass is 10.2. The Bertz CT molecular complexity index is 849. The van der Waals surface area contributed by atoms with E-state index in [0.717, 1.165) is 27.2 Å². The standard InChI is InChI=1S/C18H17N3O2S/c1-23-14-6-4-5-13(9-14)10-19-17(22)11-24-18-15-7-2-3-8-16(15)20-12-21-18/h2-9,12H,10-11H2,1H3,(H,19,22). The predicted octanol–water partition coefficient (Wildman–Crippen LogP) is 3.05. The highest BCUT2D eigenvalue weighted by molar-refractivity contribution is 8.00. The summed E-state index contributed by atoms with van der Waals surface area (Å²) >= 11 is 1.41. The lowest BCUT2D eigenvalue weighted by molar-refractivity contribution is -0.118. The average Bonchev–Trinajstić information content (AvgIpc) is 2.64. The summed E-state index contributed by atoms with van der Waals surface area (Å²) < 4.78 is 5.18. The summed E-state index contributed by atoms with van der Waals surface area (Å²) in [6.07, 6.45) is 1.53. The van der Waals surface area contributed by atoms with Crippen LogP contribution in [-0.2, 0) is 11.3 Å². The third-order valence-corrected chi connectivity index (χ3v) is 4.48. The highest BCUT2D eigenvalue weighted by Crippen LogP contribution is 2.23. The topological polar surface area (TPSA) is 64.1 Å². The van der Waals surface area contributed by atoms with E-state index >= 15 is 0 Å². The van der Waals surface area contributed by atoms with Gasteiger partial charge in [-0.25, -0.2) is 9.97 Å². The van der Waals surface area contributed by atoms with Crippen molar-refractivity contribution in [3.63, 3.8) is 0 Å². The van der Waals surface area contributed by atoms with E-state index < -0.39 is 0 Å². The number of carbonyl (C=O) groups is 1. The van der Waals surface area contributed by atoms with Crippen LogP contribution in [-0.4, -0.2) is 28.7 Å². The smallest absolute Gasteiger partial charge is 0.230 e. The molecule has 0 aliphatic heterocycles. The van der Waals surface area contributed by atoms with E-state index in [0.29, 0.717) is 12.3 Å². The van der Waals surface area contributed by atoms with Crippen LogP contribution in [0.5, 0.6) is 5.75 Å². The van der Waals surface area contributed by atoms with Gasteiger partial charge in [0.15, 0.2) is 0 Å². The summed E-state index contributed by atoms with van der Waals surface area (Å²) in [7, 11) is 1.63. The highest BCUT2D eigenvalue weighted by Gasteiger charge is 2.07. The molecule has 5 nitrogen and oxygen atoms in total. The number of carbonyl (C=O) groups excluding carboxylic acids is 1. The number of benzene rings is 2. The van der Waals surface area contributed by atoms with E-state index in [9.17, 15) is 4.79 Å². The molecule has 0 saturated heterocycles. The Morgan fingerprint density at radius 1 is 1.17 bits per heavy atom. The van der Waals surface area contributed by atoms with Crippen molar-refractivity contribution in [2.24, 2.45) is 0 Å². The molecule has 24 heavy (non-hydrogen) atoms. The van der Waals surface area contributed by atoms with Gasteiger partial charge in [-0.05, 0) is 23.8 Å². The van der Waals surface area contributed by atoms with E-state index in [4.69, 9.17) is 4.74 Å². The van der Waals surface area contributed by atoms with Crippen LogP contribution in [0.1, 0.15) is 5.56 Å². The molecule has 122 valence electrons. The molecular formula is C18H17N3O2S. The number of para-hydroxylation sites is 1. The fraction of sp³-hybridized carbons (Fsp3) is 0.167. The zero-order chi connectivity index (χ0) is 16.8. The highest BCUT2D eigenvalue weighted by atomic mass is 32.2. The molecule has 0 saturated carbocycles. The second-order valence-corrected chi connectivity index (χ2v) is 6.08. The first-order chi connectivity index (χ1) is 11.8. The zero-order valence-corrected chi connectivity index (χ0v) is 14.0. The van der Waals surface area contributed by atoms with Crippen LogP contribution in [0.15, 0.2) is 59.9 Å². The number of nitrogens with one attached hydrogen (secondary N) is 1. The van der Waals surface area contributed by atoms with Gasteiger partial charge >= 0.3 is 0 Å². The molecule has 1 aromatic heterocycles. The van der Waals surface area contributed by atoms with Gasteiger partial charge in [-0.3, -0.25) is 4.79 Å². The number of methoxy groups -OCH3 is 1. The molecule has 0 radical (unpaired) electrons. The summed E-state index contributed by atoms with van der Waals surface area (Å²) in [5.74, 6) is 1.06. The van der Waals surface area contributed by atoms with Crippen molar-refractivity contribution >= 4 is 28.6 Å². The molecule has 0 unspecified atom stereocenters. The fourth-order valence-corrected chi connectivity index (χ4v) is 3.08. The Morgan fingerprint density at radius 2 is 2.04 bits per heavy atom. The van der Waals surface area contributed by atoms with Gasteiger partial charge in [-0.15, -0.1) is 0 Å². The largest absolute Gasteiger partial charge is 0.497 e. The number of ether oxygens (including phenoxy) is 1. The molecule has 3 aromatic rings. The van der Waals surface area contributed by atoms with Crippen LogP contribution >= 0.6 is 11.8 Å². The zero-order valence-electron chi connectivity index (χ0n) is 13.2. The molecule has 3 rings (SSSR count). The maximum Gasteiger partial charge on any atom is 0.230 e. The molecule has 0 fully saturated rings. The number of amides is 1. The van der Waals surface area contributed by atoms with Gasteiger partial charge in [0.2, 0.25) is 5.91 Å². The Balaban J connectivity index is 1.57. The Labute approximate surface area is 144 Å². The Morgan fingerprint density at radius 3 is 2.92 bits per heavy atom. The first-order valence-corrected chi connectivity index (χ1v) is 8.47. The summed E-state index contributed by atoms with van der Waals surface area (Å²) in [5, 5.41) is 4.69. The third-order valence-electron chi connectivity index (χ3n) is 3.47. The number of hydrogen-bond donors (Lipinski definition) is 1. The van der Waals surface area contributed by atoms with Gasteiger partial charge in [0.05, 0.1) is 18.4 Å². The summed E-state index contributed by atoms with van der Waals surface area (Å²) in [6, 6.07) is 15.4. The maximum atomic E-state index is 12.1. The van der Waals surface area contributed by atoms with Crippen molar-refractivity contribution in [1.82, 2.24) is 15.3 Å². The molecule has 1 amide bonds. The lowest BCUT2D eigenvalue weighted by Gasteiger charge is -2.07. The number of rotatable bonds is 6. The van der Waals surface area contributed by atoms with Crippen LogP contribution in [0, 0.1) is 0 Å². The third kappa shape index (κ3) is 4.02. The van der Waals surface area contributed by atoms with Crippen LogP contribution < -0.4 is 10.1 Å². The minimum absolute atomic E-state index is 0.0366. The van der Waals surface area contributed by atoms with Crippen LogP contribution in [0.25, 0.3) is 10.9 Å². The second-order valence-electron chi connectivity index (χ2n) is 5.11. The number of hydrogen-bond acceptors (Lipinski definition) is 5. The minimum atomic E-state index is -0.0366. The fourth-order valence-electron chi connectivity index (χ4n) is 2.26. The number of fused-ring (bicyclic) bond motifs is 1. The molecule has 1 N–H and O–H groups in total. The van der Waals surface area contributed by atoms with Gasteiger partial charge < -0.3 is 10.1 Å². The molecule has 0 bridgehead atoms. The minimum Gasteiger partial charge on any atom is -0.497 e. The lowest BCUT2D eigenvalue weighted by Crippen LogP contribution is -2.24. The van der Waals surface area contributed by atoms with Crippen LogP contribution in [0.3, 0.4) is 0 Å². The van der Waals surface area contributed by atoms with E-state index in [1.165, 1.54) is 18.1 Å². The normalized spacial score (nSPS) is 10.5. The average molecular weight is 339 g/mol. The maximum absolute atomic E-state index is 12.1. The molecule has 0 spiro atoms. The molecule has 0 aliphatic rings. The summed E-state index contributed by atoms with van der Waals surface area (Å²) in [5.41, 5.74) is 1.88. The van der Waals surface area contributed by atoms with E-state index in [-0.39, 0.29) is 5.91 Å². The van der Waals surface area contributed by atoms with Crippen molar-refractivity contribution in [2.75, 3.05) is 12.9 Å². The summed E-state index contributed by atoms with van der Waals surface area (Å²) in [4.78, 5) is 20.6. The molecule has 0 atom stereocenters. The number of aromatic nitrogens is 2. The quantitative estimate of drug-likeness (QED) is 0.552. The Kier molecular flexibility index (Phi) is 5.28. The molecule has 0 aliphatic carbocycles. The van der Waals surface area contributed by atoms with Crippen molar-refractivity contribution in [3.05, 3.63) is 60.4 Å². The molecule has 2 aromatic carbocycles.